The molecule has 0 aromatic carbocycles. The molecular formula is C14H23NO. The molecule has 1 saturated heterocycles. The van der Waals surface area contributed by atoms with Gasteiger partial charge in [0.2, 0.25) is 0 Å². The fourth-order valence-electron chi connectivity index (χ4n) is 3.25. The molecule has 0 spiro atoms. The summed E-state index contributed by atoms with van der Waals surface area (Å²) in [6.07, 6.45) is 8.43. The number of rotatable bonds is 2. The van der Waals surface area contributed by atoms with Gasteiger partial charge in [-0.1, -0.05) is 19.8 Å². The van der Waals surface area contributed by atoms with Gasteiger partial charge in [0, 0.05) is 24.0 Å². The lowest BCUT2D eigenvalue weighted by atomic mass is 9.55. The fraction of sp³-hybridized carbons (Fsp3) is 0.857. The first-order chi connectivity index (χ1) is 7.38. The Hall–Kier alpha value is -0.520. The summed E-state index contributed by atoms with van der Waals surface area (Å²) in [6, 6.07) is 0.490. The molecule has 0 aromatic rings. The second-order valence-corrected chi connectivity index (χ2v) is 6.31. The zero-order valence-electron chi connectivity index (χ0n) is 10.8. The van der Waals surface area contributed by atoms with Gasteiger partial charge >= 0.3 is 0 Å². The third kappa shape index (κ3) is 1.77. The van der Waals surface area contributed by atoms with Crippen molar-refractivity contribution in [1.82, 2.24) is 5.32 Å². The Labute approximate surface area is 99.1 Å². The van der Waals surface area contributed by atoms with E-state index in [4.69, 9.17) is 11.2 Å². The van der Waals surface area contributed by atoms with Gasteiger partial charge in [0.05, 0.1) is 11.6 Å². The van der Waals surface area contributed by atoms with Crippen molar-refractivity contribution in [3.63, 3.8) is 0 Å². The van der Waals surface area contributed by atoms with Gasteiger partial charge in [-0.25, -0.2) is 0 Å². The maximum atomic E-state index is 5.88. The number of nitrogens with one attached hydrogen (secondary N) is 1. The van der Waals surface area contributed by atoms with E-state index in [0.29, 0.717) is 18.1 Å². The zero-order chi connectivity index (χ0) is 12.0. The van der Waals surface area contributed by atoms with Crippen LogP contribution in [0.3, 0.4) is 0 Å². The first-order valence-electron chi connectivity index (χ1n) is 6.25. The summed E-state index contributed by atoms with van der Waals surface area (Å²) in [5.74, 6) is 3.47. The Morgan fingerprint density at radius 1 is 1.44 bits per heavy atom. The molecule has 90 valence electrons. The molecule has 2 aliphatic rings. The Kier molecular flexibility index (Phi) is 2.80. The van der Waals surface area contributed by atoms with E-state index in [1.807, 2.05) is 0 Å². The van der Waals surface area contributed by atoms with Crippen molar-refractivity contribution in [3.05, 3.63) is 0 Å². The minimum atomic E-state index is -0.218. The summed E-state index contributed by atoms with van der Waals surface area (Å²) in [6.45, 7) is 9.63. The van der Waals surface area contributed by atoms with Gasteiger partial charge in [-0.05, 0) is 26.7 Å². The quantitative estimate of drug-likeness (QED) is 0.722. The van der Waals surface area contributed by atoms with E-state index >= 15 is 0 Å². The Bertz CT molecular complexity index is 313. The molecule has 1 heterocycles. The Morgan fingerprint density at radius 2 is 2.12 bits per heavy atom. The lowest BCUT2D eigenvalue weighted by Crippen LogP contribution is -2.71. The molecule has 0 radical (unpaired) electrons. The number of fused-ring (bicyclic) bond motifs is 1. The average Bonchev–Trinajstić information content (AvgIpc) is 2.26. The van der Waals surface area contributed by atoms with Crippen molar-refractivity contribution in [3.8, 4) is 12.3 Å². The van der Waals surface area contributed by atoms with Gasteiger partial charge in [0.15, 0.2) is 0 Å². The molecule has 1 N–H and O–H groups in total. The van der Waals surface area contributed by atoms with Crippen LogP contribution in [0.1, 0.15) is 40.5 Å². The molecule has 1 saturated carbocycles. The van der Waals surface area contributed by atoms with Gasteiger partial charge in [-0.15, -0.1) is 6.42 Å². The molecule has 0 aromatic heterocycles. The van der Waals surface area contributed by atoms with E-state index in [0.717, 1.165) is 6.61 Å². The van der Waals surface area contributed by atoms with E-state index in [1.54, 1.807) is 0 Å². The molecule has 1 aliphatic carbocycles. The summed E-state index contributed by atoms with van der Waals surface area (Å²) in [7, 11) is 0. The van der Waals surface area contributed by atoms with Crippen LogP contribution in [0.5, 0.6) is 0 Å². The second-order valence-electron chi connectivity index (χ2n) is 6.31. The molecule has 2 rings (SSSR count). The Balaban J connectivity index is 2.08. The summed E-state index contributed by atoms with van der Waals surface area (Å²) in [5, 5.41) is 3.62. The van der Waals surface area contributed by atoms with Crippen molar-refractivity contribution in [1.29, 1.82) is 0 Å². The van der Waals surface area contributed by atoms with Crippen LogP contribution in [-0.2, 0) is 4.74 Å². The van der Waals surface area contributed by atoms with E-state index in [1.165, 1.54) is 12.8 Å². The molecule has 0 amide bonds. The average molecular weight is 221 g/mol. The lowest BCUT2D eigenvalue weighted by molar-refractivity contribution is -0.195. The molecule has 3 unspecified atom stereocenters. The maximum absolute atomic E-state index is 5.88. The predicted molar refractivity (Wildman–Crippen MR) is 66.1 cm³/mol. The minimum Gasteiger partial charge on any atom is -0.377 e. The zero-order valence-corrected chi connectivity index (χ0v) is 10.8. The largest absolute Gasteiger partial charge is 0.377 e. The van der Waals surface area contributed by atoms with Crippen LogP contribution in [0, 0.1) is 23.7 Å². The Morgan fingerprint density at radius 3 is 2.75 bits per heavy atom. The molecule has 3 atom stereocenters. The SMILES string of the molecule is C#CC(C)(C)NC1C2CCCOC2C1(C)C. The first-order valence-corrected chi connectivity index (χ1v) is 6.25. The van der Waals surface area contributed by atoms with Gasteiger partial charge in [0.25, 0.3) is 0 Å². The molecule has 2 fully saturated rings. The van der Waals surface area contributed by atoms with Crippen LogP contribution >= 0.6 is 0 Å². The smallest absolute Gasteiger partial charge is 0.0743 e. The van der Waals surface area contributed by atoms with E-state index in [-0.39, 0.29) is 11.0 Å². The van der Waals surface area contributed by atoms with Gasteiger partial charge in [0.1, 0.15) is 0 Å². The van der Waals surface area contributed by atoms with Crippen LogP contribution in [0.25, 0.3) is 0 Å². The van der Waals surface area contributed by atoms with Crippen LogP contribution in [-0.4, -0.2) is 24.3 Å². The molecule has 0 bridgehead atoms. The van der Waals surface area contributed by atoms with Crippen LogP contribution < -0.4 is 5.32 Å². The first kappa shape index (κ1) is 12.0. The number of ether oxygens (including phenoxy) is 1. The van der Waals surface area contributed by atoms with Crippen LogP contribution in [0.15, 0.2) is 0 Å². The number of hydrogen-bond donors (Lipinski definition) is 1. The summed E-state index contributed by atoms with van der Waals surface area (Å²) in [5.41, 5.74) is -0.0104. The topological polar surface area (TPSA) is 21.3 Å². The normalized spacial score (nSPS) is 37.1. The van der Waals surface area contributed by atoms with E-state index in [9.17, 15) is 0 Å². The lowest BCUT2D eigenvalue weighted by Gasteiger charge is -2.61. The highest BCUT2D eigenvalue weighted by Crippen LogP contribution is 2.51. The van der Waals surface area contributed by atoms with Gasteiger partial charge in [-0.3, -0.25) is 5.32 Å². The summed E-state index contributed by atoms with van der Waals surface area (Å²) < 4.78 is 5.88. The van der Waals surface area contributed by atoms with E-state index in [2.05, 4.69) is 38.9 Å². The second kappa shape index (κ2) is 3.75. The van der Waals surface area contributed by atoms with Crippen molar-refractivity contribution in [2.45, 2.75) is 58.2 Å². The standard InChI is InChI=1S/C14H23NO/c1-6-13(2,3)15-11-10-8-7-9-16-12(10)14(11,4)5/h1,10-12,15H,7-9H2,2-5H3. The maximum Gasteiger partial charge on any atom is 0.0743 e. The number of hydrogen-bond acceptors (Lipinski definition) is 2. The summed E-state index contributed by atoms with van der Waals surface area (Å²) >= 11 is 0. The van der Waals surface area contributed by atoms with Crippen LogP contribution in [0.2, 0.25) is 0 Å². The molecular weight excluding hydrogens is 198 g/mol. The third-order valence-electron chi connectivity index (χ3n) is 4.21. The molecule has 2 nitrogen and oxygen atoms in total. The van der Waals surface area contributed by atoms with Crippen molar-refractivity contribution < 1.29 is 4.74 Å². The third-order valence-corrected chi connectivity index (χ3v) is 4.21. The van der Waals surface area contributed by atoms with Gasteiger partial charge in [-0.2, -0.15) is 0 Å². The number of terminal acetylenes is 1. The van der Waals surface area contributed by atoms with Crippen molar-refractivity contribution in [2.24, 2.45) is 11.3 Å². The molecule has 16 heavy (non-hydrogen) atoms. The summed E-state index contributed by atoms with van der Waals surface area (Å²) in [4.78, 5) is 0. The van der Waals surface area contributed by atoms with Crippen LogP contribution in [0.4, 0.5) is 0 Å². The molecule has 2 heteroatoms. The predicted octanol–water partition coefficient (Wildman–Crippen LogP) is 2.19. The highest BCUT2D eigenvalue weighted by molar-refractivity contribution is 5.16. The highest BCUT2D eigenvalue weighted by atomic mass is 16.5. The highest BCUT2D eigenvalue weighted by Gasteiger charge is 2.58. The van der Waals surface area contributed by atoms with Crippen molar-refractivity contribution >= 4 is 0 Å². The monoisotopic (exact) mass is 221 g/mol. The molecule has 1 aliphatic heterocycles. The van der Waals surface area contributed by atoms with Gasteiger partial charge < -0.3 is 4.74 Å². The van der Waals surface area contributed by atoms with E-state index < -0.39 is 0 Å². The van der Waals surface area contributed by atoms with Crippen molar-refractivity contribution in [2.75, 3.05) is 6.61 Å². The minimum absolute atomic E-state index is 0.208. The fourth-order valence-corrected chi connectivity index (χ4v) is 3.25.